The number of aryl methyl sites for hydroxylation is 1. The number of para-hydroxylation sites is 1. The fourth-order valence-corrected chi connectivity index (χ4v) is 6.19. The predicted molar refractivity (Wildman–Crippen MR) is 144 cm³/mol. The zero-order chi connectivity index (χ0) is 24.5. The van der Waals surface area contributed by atoms with Crippen molar-refractivity contribution in [2.45, 2.75) is 38.5 Å². The third kappa shape index (κ3) is 4.79. The van der Waals surface area contributed by atoms with Crippen molar-refractivity contribution >= 4 is 62.3 Å². The van der Waals surface area contributed by atoms with Gasteiger partial charge < -0.3 is 11.1 Å². The first-order chi connectivity index (χ1) is 16.9. The quantitative estimate of drug-likeness (QED) is 0.294. The number of thiophene rings is 1. The number of amides is 2. The van der Waals surface area contributed by atoms with Crippen molar-refractivity contribution in [3.05, 3.63) is 80.1 Å². The van der Waals surface area contributed by atoms with Crippen molar-refractivity contribution < 1.29 is 9.59 Å². The standard InChI is InChI=1S/C27H23Cl2N3O2S/c28-19-12-11-15(13-20(19)29)22-14-18(16-7-5-6-9-21(16)31-22)26(34)32-27-24(25(30)33)17-8-3-1-2-4-10-23(17)35-27/h5-7,9,11-14H,1-4,8,10H2,(H2,30,33)(H,32,34). The number of carbonyl (C=O) groups is 2. The van der Waals surface area contributed by atoms with Gasteiger partial charge in [0.05, 0.1) is 32.4 Å². The van der Waals surface area contributed by atoms with Gasteiger partial charge in [-0.3, -0.25) is 9.59 Å². The zero-order valence-corrected chi connectivity index (χ0v) is 21.2. The number of hydrogen-bond acceptors (Lipinski definition) is 4. The van der Waals surface area contributed by atoms with Gasteiger partial charge in [0.2, 0.25) is 0 Å². The molecule has 5 nitrogen and oxygen atoms in total. The van der Waals surface area contributed by atoms with E-state index in [1.54, 1.807) is 18.2 Å². The number of nitrogens with zero attached hydrogens (tertiary/aromatic N) is 1. The number of primary amides is 1. The molecule has 0 atom stereocenters. The van der Waals surface area contributed by atoms with E-state index in [2.05, 4.69) is 5.32 Å². The third-order valence-corrected chi connectivity index (χ3v) is 8.27. The Morgan fingerprint density at radius 2 is 1.71 bits per heavy atom. The largest absolute Gasteiger partial charge is 0.365 e. The SMILES string of the molecule is NC(=O)c1c(NC(=O)c2cc(-c3ccc(Cl)c(Cl)c3)nc3ccccc23)sc2c1CCCCCC2. The van der Waals surface area contributed by atoms with Gasteiger partial charge in [0.25, 0.3) is 11.8 Å². The van der Waals surface area contributed by atoms with E-state index in [1.165, 1.54) is 17.8 Å². The number of pyridine rings is 1. The van der Waals surface area contributed by atoms with E-state index in [0.717, 1.165) is 48.1 Å². The van der Waals surface area contributed by atoms with E-state index in [0.29, 0.717) is 42.8 Å². The normalized spacial score (nSPS) is 13.7. The van der Waals surface area contributed by atoms with Crippen LogP contribution in [0.25, 0.3) is 22.2 Å². The van der Waals surface area contributed by atoms with Gasteiger partial charge in [-0.2, -0.15) is 0 Å². The monoisotopic (exact) mass is 523 g/mol. The number of aromatic nitrogens is 1. The summed E-state index contributed by atoms with van der Waals surface area (Å²) in [4.78, 5) is 31.9. The molecule has 2 heterocycles. The molecule has 0 aliphatic heterocycles. The number of benzene rings is 2. The lowest BCUT2D eigenvalue weighted by Gasteiger charge is -2.12. The van der Waals surface area contributed by atoms with Gasteiger partial charge in [0, 0.05) is 15.8 Å². The molecule has 2 aromatic carbocycles. The minimum Gasteiger partial charge on any atom is -0.365 e. The average molecular weight is 524 g/mol. The summed E-state index contributed by atoms with van der Waals surface area (Å²) in [7, 11) is 0. The maximum absolute atomic E-state index is 13.6. The Hall–Kier alpha value is -2.93. The number of nitrogens with one attached hydrogen (secondary N) is 1. The molecule has 5 rings (SSSR count). The topological polar surface area (TPSA) is 85.1 Å². The Morgan fingerprint density at radius 1 is 0.943 bits per heavy atom. The minimum absolute atomic E-state index is 0.318. The number of carbonyl (C=O) groups excluding carboxylic acids is 2. The fraction of sp³-hybridized carbons (Fsp3) is 0.222. The van der Waals surface area contributed by atoms with E-state index in [1.807, 2.05) is 30.3 Å². The summed E-state index contributed by atoms with van der Waals surface area (Å²) in [6, 6.07) is 14.5. The van der Waals surface area contributed by atoms with Gasteiger partial charge in [-0.05, 0) is 55.5 Å². The highest BCUT2D eigenvalue weighted by atomic mass is 35.5. The number of hydrogen-bond donors (Lipinski definition) is 2. The molecule has 2 amide bonds. The maximum atomic E-state index is 13.6. The lowest BCUT2D eigenvalue weighted by Crippen LogP contribution is -2.18. The van der Waals surface area contributed by atoms with Crippen LogP contribution in [-0.2, 0) is 12.8 Å². The molecule has 0 radical (unpaired) electrons. The Bertz CT molecular complexity index is 1460. The first-order valence-corrected chi connectivity index (χ1v) is 13.1. The lowest BCUT2D eigenvalue weighted by atomic mass is 9.96. The number of nitrogens with two attached hydrogens (primary N) is 1. The molecule has 4 aromatic rings. The van der Waals surface area contributed by atoms with Crippen molar-refractivity contribution in [3.8, 4) is 11.3 Å². The van der Waals surface area contributed by atoms with E-state index in [9.17, 15) is 9.59 Å². The summed E-state index contributed by atoms with van der Waals surface area (Å²) >= 11 is 13.8. The maximum Gasteiger partial charge on any atom is 0.257 e. The lowest BCUT2D eigenvalue weighted by molar-refractivity contribution is 0.100. The number of anilines is 1. The van der Waals surface area contributed by atoms with E-state index in [-0.39, 0.29) is 5.91 Å². The van der Waals surface area contributed by atoms with Crippen LogP contribution in [0.5, 0.6) is 0 Å². The highest BCUT2D eigenvalue weighted by Gasteiger charge is 2.25. The Kier molecular flexibility index (Phi) is 6.78. The van der Waals surface area contributed by atoms with E-state index < -0.39 is 5.91 Å². The molecule has 2 aromatic heterocycles. The second-order valence-corrected chi connectivity index (χ2v) is 10.6. The van der Waals surface area contributed by atoms with Gasteiger partial charge in [-0.15, -0.1) is 11.3 Å². The van der Waals surface area contributed by atoms with Crippen LogP contribution in [0.3, 0.4) is 0 Å². The number of rotatable bonds is 4. The first kappa shape index (κ1) is 23.8. The van der Waals surface area contributed by atoms with Crippen LogP contribution in [0, 0.1) is 0 Å². The summed E-state index contributed by atoms with van der Waals surface area (Å²) in [6.45, 7) is 0. The highest BCUT2D eigenvalue weighted by molar-refractivity contribution is 7.17. The van der Waals surface area contributed by atoms with E-state index >= 15 is 0 Å². The molecule has 3 N–H and O–H groups in total. The molecule has 1 aliphatic rings. The molecular weight excluding hydrogens is 501 g/mol. The molecular formula is C27H23Cl2N3O2S. The Morgan fingerprint density at radius 3 is 2.49 bits per heavy atom. The minimum atomic E-state index is -0.505. The van der Waals surface area contributed by atoms with Crippen LogP contribution >= 0.6 is 34.5 Å². The second-order valence-electron chi connectivity index (χ2n) is 8.64. The molecule has 35 heavy (non-hydrogen) atoms. The summed E-state index contributed by atoms with van der Waals surface area (Å²) in [5.74, 6) is -0.823. The zero-order valence-electron chi connectivity index (χ0n) is 18.9. The van der Waals surface area contributed by atoms with Gasteiger partial charge >= 0.3 is 0 Å². The molecule has 0 bridgehead atoms. The first-order valence-electron chi connectivity index (χ1n) is 11.5. The van der Waals surface area contributed by atoms with Crippen LogP contribution < -0.4 is 11.1 Å². The Labute approximate surface area is 217 Å². The predicted octanol–water partition coefficient (Wildman–Crippen LogP) is 7.28. The summed E-state index contributed by atoms with van der Waals surface area (Å²) < 4.78 is 0. The molecule has 1 aliphatic carbocycles. The van der Waals surface area contributed by atoms with Gasteiger partial charge in [-0.1, -0.05) is 60.3 Å². The van der Waals surface area contributed by atoms with Crippen LogP contribution in [0.4, 0.5) is 5.00 Å². The van der Waals surface area contributed by atoms with Crippen LogP contribution in [0.15, 0.2) is 48.5 Å². The van der Waals surface area contributed by atoms with Crippen LogP contribution in [0.1, 0.15) is 56.8 Å². The van der Waals surface area contributed by atoms with Crippen molar-refractivity contribution in [2.75, 3.05) is 5.32 Å². The third-order valence-electron chi connectivity index (χ3n) is 6.32. The smallest absolute Gasteiger partial charge is 0.257 e. The summed E-state index contributed by atoms with van der Waals surface area (Å²) in [5.41, 5.74) is 9.70. The molecule has 0 spiro atoms. The highest BCUT2D eigenvalue weighted by Crippen LogP contribution is 2.38. The molecule has 8 heteroatoms. The van der Waals surface area contributed by atoms with Crippen molar-refractivity contribution in [1.29, 1.82) is 0 Å². The molecule has 0 unspecified atom stereocenters. The average Bonchev–Trinajstić information content (AvgIpc) is 3.16. The molecule has 0 saturated heterocycles. The van der Waals surface area contributed by atoms with Gasteiger partial charge in [0.1, 0.15) is 5.00 Å². The van der Waals surface area contributed by atoms with Crippen molar-refractivity contribution in [3.63, 3.8) is 0 Å². The summed E-state index contributed by atoms with van der Waals surface area (Å²) in [6.07, 6.45) is 6.09. The Balaban J connectivity index is 1.58. The molecule has 178 valence electrons. The van der Waals surface area contributed by atoms with Crippen molar-refractivity contribution in [1.82, 2.24) is 4.98 Å². The number of halogens is 2. The van der Waals surface area contributed by atoms with E-state index in [4.69, 9.17) is 33.9 Å². The van der Waals surface area contributed by atoms with Gasteiger partial charge in [0.15, 0.2) is 0 Å². The van der Waals surface area contributed by atoms with Crippen LogP contribution in [0.2, 0.25) is 10.0 Å². The van der Waals surface area contributed by atoms with Crippen molar-refractivity contribution in [2.24, 2.45) is 5.73 Å². The fourth-order valence-electron chi connectivity index (χ4n) is 4.61. The number of fused-ring (bicyclic) bond motifs is 2. The second kappa shape index (κ2) is 9.97. The van der Waals surface area contributed by atoms with Gasteiger partial charge in [-0.25, -0.2) is 4.98 Å². The summed E-state index contributed by atoms with van der Waals surface area (Å²) in [5, 5.41) is 5.09. The van der Waals surface area contributed by atoms with Crippen LogP contribution in [-0.4, -0.2) is 16.8 Å². The molecule has 0 saturated carbocycles. The molecule has 0 fully saturated rings.